The molecule has 0 fully saturated rings. The SMILES string of the molecule is [B]c1nc(N)nn2ccc(-c3ccc(N=C(C)C)c(C)n3)c12. The van der Waals surface area contributed by atoms with E-state index in [0.717, 1.165) is 28.4 Å². The molecule has 22 heavy (non-hydrogen) atoms. The van der Waals surface area contributed by atoms with Crippen LogP contribution in [-0.2, 0) is 0 Å². The van der Waals surface area contributed by atoms with Crippen molar-refractivity contribution in [1.29, 1.82) is 0 Å². The van der Waals surface area contributed by atoms with Gasteiger partial charge in [-0.25, -0.2) is 9.50 Å². The highest BCUT2D eigenvalue weighted by Gasteiger charge is 2.12. The van der Waals surface area contributed by atoms with Crippen LogP contribution < -0.4 is 11.3 Å². The van der Waals surface area contributed by atoms with Crippen molar-refractivity contribution in [2.45, 2.75) is 20.8 Å². The molecule has 3 rings (SSSR count). The van der Waals surface area contributed by atoms with Crippen LogP contribution in [0.5, 0.6) is 0 Å². The Balaban J connectivity index is 2.16. The Morgan fingerprint density at radius 3 is 2.68 bits per heavy atom. The number of aliphatic imine (C=N–C) groups is 1. The third-order valence-corrected chi connectivity index (χ3v) is 3.23. The minimum Gasteiger partial charge on any atom is -0.367 e. The molecule has 3 aromatic rings. The number of hydrogen-bond donors (Lipinski definition) is 1. The summed E-state index contributed by atoms with van der Waals surface area (Å²) in [5.74, 6) is 0.138. The first-order valence-electron chi connectivity index (χ1n) is 6.86. The van der Waals surface area contributed by atoms with E-state index in [1.165, 1.54) is 0 Å². The molecule has 0 spiro atoms. The molecule has 108 valence electrons. The molecule has 0 amide bonds. The zero-order chi connectivity index (χ0) is 15.9. The molecule has 7 heteroatoms. The van der Waals surface area contributed by atoms with Crippen LogP contribution in [0.3, 0.4) is 0 Å². The van der Waals surface area contributed by atoms with Gasteiger partial charge in [0.1, 0.15) is 7.85 Å². The second-order valence-electron chi connectivity index (χ2n) is 5.24. The van der Waals surface area contributed by atoms with Crippen molar-refractivity contribution in [1.82, 2.24) is 19.6 Å². The standard InChI is InChI=1S/C15H15BN6/c1-8(2)18-11-4-5-12(19-9(11)3)10-6-7-22-13(10)14(16)20-15(17)21-22/h4-7H,1-3H3,(H2,17,21). The van der Waals surface area contributed by atoms with Crippen LogP contribution in [0.4, 0.5) is 11.6 Å². The summed E-state index contributed by atoms with van der Waals surface area (Å²) in [6.07, 6.45) is 1.79. The van der Waals surface area contributed by atoms with Crippen LogP contribution in [0.1, 0.15) is 19.5 Å². The Morgan fingerprint density at radius 1 is 1.23 bits per heavy atom. The van der Waals surface area contributed by atoms with Gasteiger partial charge in [-0.3, -0.25) is 9.98 Å². The van der Waals surface area contributed by atoms with Crippen molar-refractivity contribution < 1.29 is 0 Å². The zero-order valence-corrected chi connectivity index (χ0v) is 12.7. The van der Waals surface area contributed by atoms with Gasteiger partial charge in [0.15, 0.2) is 0 Å². The normalized spacial score (nSPS) is 10.9. The summed E-state index contributed by atoms with van der Waals surface area (Å²) in [4.78, 5) is 13.1. The maximum atomic E-state index is 5.97. The molecule has 3 aromatic heterocycles. The molecule has 3 heterocycles. The molecule has 0 unspecified atom stereocenters. The van der Waals surface area contributed by atoms with Gasteiger partial charge < -0.3 is 5.73 Å². The van der Waals surface area contributed by atoms with E-state index < -0.39 is 0 Å². The van der Waals surface area contributed by atoms with E-state index in [-0.39, 0.29) is 5.95 Å². The van der Waals surface area contributed by atoms with Crippen LogP contribution in [0.25, 0.3) is 16.8 Å². The predicted octanol–water partition coefficient (Wildman–Crippen LogP) is 1.59. The lowest BCUT2D eigenvalue weighted by Crippen LogP contribution is -2.17. The maximum Gasteiger partial charge on any atom is 0.237 e. The summed E-state index contributed by atoms with van der Waals surface area (Å²) in [5, 5.41) is 4.12. The number of aryl methyl sites for hydroxylation is 1. The first-order chi connectivity index (χ1) is 10.5. The zero-order valence-electron chi connectivity index (χ0n) is 12.7. The van der Waals surface area contributed by atoms with E-state index in [4.69, 9.17) is 13.6 Å². The van der Waals surface area contributed by atoms with E-state index in [9.17, 15) is 0 Å². The summed E-state index contributed by atoms with van der Waals surface area (Å²) in [6, 6.07) is 5.76. The van der Waals surface area contributed by atoms with Gasteiger partial charge >= 0.3 is 0 Å². The number of nitrogens with two attached hydrogens (primary N) is 1. The van der Waals surface area contributed by atoms with E-state index in [1.807, 2.05) is 39.0 Å². The molecule has 0 aliphatic heterocycles. The fraction of sp³-hybridized carbons (Fsp3) is 0.200. The lowest BCUT2D eigenvalue weighted by atomic mass is 10.00. The molecule has 0 saturated carbocycles. The van der Waals surface area contributed by atoms with Gasteiger partial charge in [0, 0.05) is 23.1 Å². The molecule has 0 saturated heterocycles. The Hall–Kier alpha value is -2.70. The van der Waals surface area contributed by atoms with E-state index >= 15 is 0 Å². The summed E-state index contributed by atoms with van der Waals surface area (Å²) in [5.41, 5.74) is 11.0. The first kappa shape index (κ1) is 14.3. The topological polar surface area (TPSA) is 81.5 Å². The van der Waals surface area contributed by atoms with Crippen molar-refractivity contribution >= 4 is 36.3 Å². The van der Waals surface area contributed by atoms with Gasteiger partial charge in [0.05, 0.1) is 22.6 Å². The molecular weight excluding hydrogens is 275 g/mol. The minimum absolute atomic E-state index is 0.138. The van der Waals surface area contributed by atoms with E-state index in [1.54, 1.807) is 10.7 Å². The summed E-state index contributed by atoms with van der Waals surface area (Å²) >= 11 is 0. The second kappa shape index (κ2) is 5.25. The van der Waals surface area contributed by atoms with Crippen LogP contribution in [0, 0.1) is 6.92 Å². The summed E-state index contributed by atoms with van der Waals surface area (Å²) < 4.78 is 1.62. The smallest absolute Gasteiger partial charge is 0.237 e. The highest BCUT2D eigenvalue weighted by atomic mass is 15.3. The number of fused-ring (bicyclic) bond motifs is 1. The summed E-state index contributed by atoms with van der Waals surface area (Å²) in [7, 11) is 5.97. The molecule has 6 nitrogen and oxygen atoms in total. The van der Waals surface area contributed by atoms with Crippen LogP contribution >= 0.6 is 0 Å². The lowest BCUT2D eigenvalue weighted by molar-refractivity contribution is 0.926. The van der Waals surface area contributed by atoms with Crippen LogP contribution in [-0.4, -0.2) is 33.1 Å². The highest BCUT2D eigenvalue weighted by molar-refractivity contribution is 6.36. The van der Waals surface area contributed by atoms with E-state index in [0.29, 0.717) is 11.1 Å². The van der Waals surface area contributed by atoms with Crippen molar-refractivity contribution in [2.24, 2.45) is 4.99 Å². The fourth-order valence-corrected chi connectivity index (χ4v) is 2.34. The molecule has 2 N–H and O–H groups in total. The van der Waals surface area contributed by atoms with Crippen LogP contribution in [0.15, 0.2) is 29.4 Å². The molecule has 0 bridgehead atoms. The van der Waals surface area contributed by atoms with Gasteiger partial charge in [-0.2, -0.15) is 0 Å². The Labute approximate surface area is 129 Å². The molecular formula is C15H15BN6. The van der Waals surface area contributed by atoms with Gasteiger partial charge in [-0.15, -0.1) is 5.10 Å². The average Bonchev–Trinajstić information content (AvgIpc) is 2.84. The minimum atomic E-state index is 0.138. The maximum absolute atomic E-state index is 5.97. The summed E-state index contributed by atoms with van der Waals surface area (Å²) in [6.45, 7) is 5.84. The molecule has 0 aromatic carbocycles. The monoisotopic (exact) mass is 290 g/mol. The van der Waals surface area contributed by atoms with Crippen molar-refractivity contribution in [3.05, 3.63) is 30.1 Å². The van der Waals surface area contributed by atoms with Crippen molar-refractivity contribution in [3.8, 4) is 11.3 Å². The van der Waals surface area contributed by atoms with Gasteiger partial charge in [-0.1, -0.05) is 0 Å². The number of hydrogen-bond acceptors (Lipinski definition) is 5. The lowest BCUT2D eigenvalue weighted by Gasteiger charge is -2.06. The molecule has 0 atom stereocenters. The third kappa shape index (κ3) is 2.45. The van der Waals surface area contributed by atoms with Crippen LogP contribution in [0.2, 0.25) is 0 Å². The largest absolute Gasteiger partial charge is 0.367 e. The Morgan fingerprint density at radius 2 is 2.00 bits per heavy atom. The number of pyridine rings is 1. The van der Waals surface area contributed by atoms with Crippen molar-refractivity contribution in [2.75, 3.05) is 5.73 Å². The first-order valence-corrected chi connectivity index (χ1v) is 6.86. The number of nitrogens with zero attached hydrogens (tertiary/aromatic N) is 5. The number of aromatic nitrogens is 4. The number of anilines is 1. The number of rotatable bonds is 2. The Kier molecular flexibility index (Phi) is 3.40. The molecule has 2 radical (unpaired) electrons. The molecule has 0 aliphatic carbocycles. The quantitative estimate of drug-likeness (QED) is 0.574. The predicted molar refractivity (Wildman–Crippen MR) is 89.2 cm³/mol. The van der Waals surface area contributed by atoms with Gasteiger partial charge in [0.25, 0.3) is 0 Å². The second-order valence-corrected chi connectivity index (χ2v) is 5.24. The average molecular weight is 290 g/mol. The Bertz CT molecular complexity index is 892. The highest BCUT2D eigenvalue weighted by Crippen LogP contribution is 2.26. The van der Waals surface area contributed by atoms with Gasteiger partial charge in [-0.05, 0) is 39.0 Å². The fourth-order valence-electron chi connectivity index (χ4n) is 2.34. The van der Waals surface area contributed by atoms with Gasteiger partial charge in [0.2, 0.25) is 5.95 Å². The van der Waals surface area contributed by atoms with Crippen molar-refractivity contribution in [3.63, 3.8) is 0 Å². The molecule has 0 aliphatic rings. The number of nitrogen functional groups attached to an aromatic ring is 1. The third-order valence-electron chi connectivity index (χ3n) is 3.23. The van der Waals surface area contributed by atoms with E-state index in [2.05, 4.69) is 20.1 Å².